The van der Waals surface area contributed by atoms with Crippen molar-refractivity contribution < 1.29 is 19.1 Å². The van der Waals surface area contributed by atoms with E-state index in [1.807, 2.05) is 24.3 Å². The Labute approximate surface area is 117 Å². The zero-order chi connectivity index (χ0) is 13.8. The highest BCUT2D eigenvalue weighted by molar-refractivity contribution is 9.10. The first-order valence-electron chi connectivity index (χ1n) is 5.49. The van der Waals surface area contributed by atoms with Crippen molar-refractivity contribution in [3.63, 3.8) is 0 Å². The molecule has 100 valence electrons. The predicted molar refractivity (Wildman–Crippen MR) is 69.3 cm³/mol. The Balaban J connectivity index is 2.08. The van der Waals surface area contributed by atoms with Crippen LogP contribution in [0, 0.1) is 0 Å². The van der Waals surface area contributed by atoms with Crippen molar-refractivity contribution in [2.45, 2.75) is 19.6 Å². The van der Waals surface area contributed by atoms with Crippen molar-refractivity contribution >= 4 is 21.9 Å². The number of hydrogen-bond acceptors (Lipinski definition) is 5. The Morgan fingerprint density at radius 3 is 2.89 bits per heavy atom. The molecule has 0 bridgehead atoms. The molecule has 2 aromatic rings. The molecule has 1 atom stereocenters. The lowest BCUT2D eigenvalue weighted by Crippen LogP contribution is -2.19. The van der Waals surface area contributed by atoms with Crippen molar-refractivity contribution in [2.24, 2.45) is 0 Å². The molecule has 1 heterocycles. The van der Waals surface area contributed by atoms with Crippen LogP contribution < -0.4 is 0 Å². The van der Waals surface area contributed by atoms with E-state index in [-0.39, 0.29) is 12.5 Å². The Morgan fingerprint density at radius 2 is 2.21 bits per heavy atom. The van der Waals surface area contributed by atoms with Gasteiger partial charge in [0.25, 0.3) is 0 Å². The van der Waals surface area contributed by atoms with E-state index < -0.39 is 12.1 Å². The first-order valence-corrected chi connectivity index (χ1v) is 6.29. The molecular weight excluding hydrogens is 316 g/mol. The molecule has 0 fully saturated rings. The van der Waals surface area contributed by atoms with E-state index in [1.165, 1.54) is 6.92 Å². The van der Waals surface area contributed by atoms with E-state index in [2.05, 4.69) is 26.1 Å². The number of carboxylic acid groups (broad SMARTS) is 1. The summed E-state index contributed by atoms with van der Waals surface area (Å²) >= 11 is 3.39. The fourth-order valence-corrected chi connectivity index (χ4v) is 1.78. The summed E-state index contributed by atoms with van der Waals surface area (Å²) in [6.07, 6.45) is -0.918. The molecule has 0 saturated carbocycles. The van der Waals surface area contributed by atoms with E-state index in [1.54, 1.807) is 0 Å². The van der Waals surface area contributed by atoms with Gasteiger partial charge >= 0.3 is 5.97 Å². The highest BCUT2D eigenvalue weighted by atomic mass is 79.9. The minimum Gasteiger partial charge on any atom is -0.479 e. The number of rotatable bonds is 5. The molecule has 1 aromatic carbocycles. The number of ether oxygens (including phenoxy) is 1. The van der Waals surface area contributed by atoms with Gasteiger partial charge in [0, 0.05) is 4.47 Å². The number of carbonyl (C=O) groups is 1. The quantitative estimate of drug-likeness (QED) is 0.908. The van der Waals surface area contributed by atoms with E-state index in [9.17, 15) is 4.79 Å². The average Bonchev–Trinajstić information content (AvgIpc) is 2.85. The van der Waals surface area contributed by atoms with E-state index in [0.29, 0.717) is 5.89 Å². The van der Waals surface area contributed by atoms with Crippen LogP contribution in [0.25, 0.3) is 11.5 Å². The van der Waals surface area contributed by atoms with E-state index in [4.69, 9.17) is 14.3 Å². The van der Waals surface area contributed by atoms with Crippen LogP contribution in [0.4, 0.5) is 0 Å². The molecule has 0 radical (unpaired) electrons. The molecule has 2 rings (SSSR count). The molecular formula is C12H11BrN2O4. The summed E-state index contributed by atoms with van der Waals surface area (Å²) < 4.78 is 11.3. The number of carboxylic acids is 1. The molecule has 7 heteroatoms. The lowest BCUT2D eigenvalue weighted by atomic mass is 10.2. The maximum Gasteiger partial charge on any atom is 0.332 e. The Hall–Kier alpha value is -1.73. The third-order valence-corrected chi connectivity index (χ3v) is 3.07. The van der Waals surface area contributed by atoms with Gasteiger partial charge in [0.05, 0.1) is 5.56 Å². The first kappa shape index (κ1) is 13.7. The van der Waals surface area contributed by atoms with Gasteiger partial charge in [0.1, 0.15) is 6.61 Å². The molecule has 6 nitrogen and oxygen atoms in total. The SMILES string of the molecule is CC(OCc1nnc(-c2ccccc2Br)o1)C(=O)O. The van der Waals surface area contributed by atoms with Crippen molar-refractivity contribution in [3.8, 4) is 11.5 Å². The zero-order valence-electron chi connectivity index (χ0n) is 10.0. The maximum absolute atomic E-state index is 10.6. The monoisotopic (exact) mass is 326 g/mol. The molecule has 0 spiro atoms. The minimum atomic E-state index is -1.04. The number of hydrogen-bond donors (Lipinski definition) is 1. The van der Waals surface area contributed by atoms with E-state index >= 15 is 0 Å². The Morgan fingerprint density at radius 1 is 1.47 bits per heavy atom. The molecule has 0 aliphatic heterocycles. The summed E-state index contributed by atoms with van der Waals surface area (Å²) in [6.45, 7) is 1.40. The number of nitrogens with zero attached hydrogens (tertiary/aromatic N) is 2. The van der Waals surface area contributed by atoms with Crippen molar-refractivity contribution in [1.29, 1.82) is 0 Å². The maximum atomic E-state index is 10.6. The van der Waals surface area contributed by atoms with E-state index in [0.717, 1.165) is 10.0 Å². The largest absolute Gasteiger partial charge is 0.479 e. The van der Waals surface area contributed by atoms with Gasteiger partial charge in [-0.25, -0.2) is 4.79 Å². The second-order valence-electron chi connectivity index (χ2n) is 3.77. The molecule has 1 aromatic heterocycles. The van der Waals surface area contributed by atoms with Crippen LogP contribution in [-0.2, 0) is 16.1 Å². The van der Waals surface area contributed by atoms with Crippen LogP contribution in [0.15, 0.2) is 33.2 Å². The van der Waals surface area contributed by atoms with Crippen LogP contribution in [0.3, 0.4) is 0 Å². The summed E-state index contributed by atoms with van der Waals surface area (Å²) in [5.74, 6) is -0.446. The summed E-state index contributed by atoms with van der Waals surface area (Å²) in [5, 5.41) is 16.4. The molecule has 0 aliphatic rings. The van der Waals surface area contributed by atoms with Crippen LogP contribution in [0.1, 0.15) is 12.8 Å². The summed E-state index contributed by atoms with van der Waals surface area (Å²) in [4.78, 5) is 10.6. The molecule has 19 heavy (non-hydrogen) atoms. The Kier molecular flexibility index (Phi) is 4.28. The normalized spacial score (nSPS) is 12.3. The third-order valence-electron chi connectivity index (χ3n) is 2.38. The fourth-order valence-electron chi connectivity index (χ4n) is 1.32. The van der Waals surface area contributed by atoms with Crippen LogP contribution >= 0.6 is 15.9 Å². The number of aliphatic carboxylic acids is 1. The van der Waals surface area contributed by atoms with Gasteiger partial charge in [0.2, 0.25) is 11.8 Å². The van der Waals surface area contributed by atoms with Crippen LogP contribution in [0.2, 0.25) is 0 Å². The van der Waals surface area contributed by atoms with Gasteiger partial charge in [-0.15, -0.1) is 10.2 Å². The predicted octanol–water partition coefficient (Wildman–Crippen LogP) is 2.49. The summed E-state index contributed by atoms with van der Waals surface area (Å²) in [7, 11) is 0. The van der Waals surface area contributed by atoms with Crippen molar-refractivity contribution in [1.82, 2.24) is 10.2 Å². The molecule has 0 saturated heterocycles. The van der Waals surface area contributed by atoms with Crippen molar-refractivity contribution in [2.75, 3.05) is 0 Å². The standard InChI is InChI=1S/C12H11BrN2O4/c1-7(12(16)17)18-6-10-14-15-11(19-10)8-4-2-3-5-9(8)13/h2-5,7H,6H2,1H3,(H,16,17). The minimum absolute atomic E-state index is 0.0368. The Bertz CT molecular complexity index is 585. The number of halogens is 1. The fraction of sp³-hybridized carbons (Fsp3) is 0.250. The summed E-state index contributed by atoms with van der Waals surface area (Å²) in [5.41, 5.74) is 0.771. The van der Waals surface area contributed by atoms with Gasteiger partial charge in [-0.3, -0.25) is 0 Å². The molecule has 0 aliphatic carbocycles. The number of benzene rings is 1. The average molecular weight is 327 g/mol. The zero-order valence-corrected chi connectivity index (χ0v) is 11.6. The first-order chi connectivity index (χ1) is 9.08. The molecule has 1 unspecified atom stereocenters. The van der Waals surface area contributed by atoms with Gasteiger partial charge < -0.3 is 14.3 Å². The second-order valence-corrected chi connectivity index (χ2v) is 4.63. The topological polar surface area (TPSA) is 85.5 Å². The number of aromatic nitrogens is 2. The lowest BCUT2D eigenvalue weighted by Gasteiger charge is -2.04. The highest BCUT2D eigenvalue weighted by Gasteiger charge is 2.15. The van der Waals surface area contributed by atoms with Gasteiger partial charge in [-0.05, 0) is 35.0 Å². The lowest BCUT2D eigenvalue weighted by molar-refractivity contribution is -0.150. The van der Waals surface area contributed by atoms with Crippen LogP contribution in [-0.4, -0.2) is 27.4 Å². The van der Waals surface area contributed by atoms with Gasteiger partial charge in [-0.1, -0.05) is 12.1 Å². The molecule has 0 amide bonds. The summed E-state index contributed by atoms with van der Waals surface area (Å²) in [6, 6.07) is 7.43. The van der Waals surface area contributed by atoms with Gasteiger partial charge in [0.15, 0.2) is 6.10 Å². The second kappa shape index (κ2) is 5.94. The highest BCUT2D eigenvalue weighted by Crippen LogP contribution is 2.26. The van der Waals surface area contributed by atoms with Crippen molar-refractivity contribution in [3.05, 3.63) is 34.6 Å². The molecule has 1 N–H and O–H groups in total. The van der Waals surface area contributed by atoms with Crippen LogP contribution in [0.5, 0.6) is 0 Å². The third kappa shape index (κ3) is 3.39. The van der Waals surface area contributed by atoms with Gasteiger partial charge in [-0.2, -0.15) is 0 Å². The smallest absolute Gasteiger partial charge is 0.332 e.